The summed E-state index contributed by atoms with van der Waals surface area (Å²) in [5.74, 6) is 2.14. The summed E-state index contributed by atoms with van der Waals surface area (Å²) in [7, 11) is 1.57. The number of fused-ring (bicyclic) bond motifs is 1. The molecule has 25 heavy (non-hydrogen) atoms. The van der Waals surface area contributed by atoms with Gasteiger partial charge in [-0.3, -0.25) is 4.79 Å². The van der Waals surface area contributed by atoms with Gasteiger partial charge in [-0.2, -0.15) is 0 Å². The minimum Gasteiger partial charge on any atom is -0.493 e. The zero-order valence-electron chi connectivity index (χ0n) is 14.3. The highest BCUT2D eigenvalue weighted by molar-refractivity contribution is 6.01. The first-order chi connectivity index (χ1) is 12.1. The van der Waals surface area contributed by atoms with E-state index in [4.69, 9.17) is 18.9 Å². The van der Waals surface area contributed by atoms with Crippen molar-refractivity contribution in [2.45, 2.75) is 12.8 Å². The summed E-state index contributed by atoms with van der Waals surface area (Å²) in [6, 6.07) is 10.7. The number of rotatable bonds is 7. The molecule has 2 aromatic carbocycles. The Labute approximate surface area is 146 Å². The molecule has 0 amide bonds. The first-order valence-corrected chi connectivity index (χ1v) is 7.99. The van der Waals surface area contributed by atoms with E-state index in [0.29, 0.717) is 35.2 Å². The maximum Gasteiger partial charge on any atom is 0.231 e. The van der Waals surface area contributed by atoms with Gasteiger partial charge in [0.25, 0.3) is 0 Å². The van der Waals surface area contributed by atoms with Crippen LogP contribution in [0.15, 0.2) is 49.1 Å². The maximum atomic E-state index is 12.8. The normalized spacial score (nSPS) is 13.2. The van der Waals surface area contributed by atoms with Gasteiger partial charge in [-0.1, -0.05) is 25.6 Å². The second-order valence-corrected chi connectivity index (χ2v) is 5.66. The molecule has 0 fully saturated rings. The Morgan fingerprint density at radius 2 is 2.00 bits per heavy atom. The van der Waals surface area contributed by atoms with Gasteiger partial charge in [0.15, 0.2) is 28.8 Å². The molecular weight excluding hydrogens is 320 g/mol. The number of ether oxygens (including phenoxy) is 4. The highest BCUT2D eigenvalue weighted by Gasteiger charge is 2.22. The second-order valence-electron chi connectivity index (χ2n) is 5.66. The van der Waals surface area contributed by atoms with Gasteiger partial charge >= 0.3 is 0 Å². The molecule has 1 aliphatic heterocycles. The SMILES string of the molecule is C=CCOc1ccc([C@@H](C)C(=O)c2ccc3c(c2)OCO3)cc1OC. The van der Waals surface area contributed by atoms with Crippen LogP contribution in [-0.2, 0) is 0 Å². The monoisotopic (exact) mass is 340 g/mol. The van der Waals surface area contributed by atoms with Crippen molar-refractivity contribution in [2.75, 3.05) is 20.5 Å². The second kappa shape index (κ2) is 7.30. The van der Waals surface area contributed by atoms with Crippen molar-refractivity contribution in [3.8, 4) is 23.0 Å². The van der Waals surface area contributed by atoms with Crippen molar-refractivity contribution in [2.24, 2.45) is 0 Å². The molecular formula is C20H20O5. The molecule has 0 unspecified atom stereocenters. The predicted molar refractivity (Wildman–Crippen MR) is 94.0 cm³/mol. The molecule has 0 aliphatic carbocycles. The largest absolute Gasteiger partial charge is 0.493 e. The van der Waals surface area contributed by atoms with Crippen LogP contribution in [-0.4, -0.2) is 26.3 Å². The number of hydrogen-bond donors (Lipinski definition) is 0. The topological polar surface area (TPSA) is 54.0 Å². The molecule has 1 aliphatic rings. The molecule has 0 bridgehead atoms. The standard InChI is InChI=1S/C20H20O5/c1-4-9-23-16-7-5-14(10-18(16)22-3)13(2)20(21)15-6-8-17-19(11-15)25-12-24-17/h4-8,10-11,13H,1,9,12H2,2-3H3/t13-/m1/s1. The number of ketones is 1. The maximum absolute atomic E-state index is 12.8. The van der Waals surface area contributed by atoms with Crippen LogP contribution in [0, 0.1) is 0 Å². The predicted octanol–water partition coefficient (Wildman–Crippen LogP) is 3.98. The average Bonchev–Trinajstić information content (AvgIpc) is 3.12. The van der Waals surface area contributed by atoms with Crippen LogP contribution in [0.3, 0.4) is 0 Å². The third-order valence-corrected chi connectivity index (χ3v) is 4.09. The van der Waals surface area contributed by atoms with Gasteiger partial charge in [0.1, 0.15) is 6.61 Å². The van der Waals surface area contributed by atoms with Gasteiger partial charge in [-0.05, 0) is 35.9 Å². The van der Waals surface area contributed by atoms with Crippen molar-refractivity contribution < 1.29 is 23.7 Å². The Hall–Kier alpha value is -2.95. The number of benzene rings is 2. The fraction of sp³-hybridized carbons (Fsp3) is 0.250. The molecule has 0 saturated heterocycles. The third kappa shape index (κ3) is 3.45. The van der Waals surface area contributed by atoms with Gasteiger partial charge < -0.3 is 18.9 Å². The van der Waals surface area contributed by atoms with Crippen LogP contribution in [0.4, 0.5) is 0 Å². The summed E-state index contributed by atoms with van der Waals surface area (Å²) < 4.78 is 21.5. The molecule has 1 atom stereocenters. The lowest BCUT2D eigenvalue weighted by molar-refractivity contribution is 0.0965. The first-order valence-electron chi connectivity index (χ1n) is 7.99. The van der Waals surface area contributed by atoms with Crippen LogP contribution in [0.2, 0.25) is 0 Å². The summed E-state index contributed by atoms with van der Waals surface area (Å²) in [6.07, 6.45) is 1.67. The van der Waals surface area contributed by atoms with Crippen molar-refractivity contribution in [3.05, 3.63) is 60.2 Å². The molecule has 0 saturated carbocycles. The molecule has 0 spiro atoms. The van der Waals surface area contributed by atoms with E-state index < -0.39 is 0 Å². The Kier molecular flexibility index (Phi) is 4.93. The number of Topliss-reactive ketones (excluding diaryl/α,β-unsaturated/α-hetero) is 1. The van der Waals surface area contributed by atoms with Crippen LogP contribution < -0.4 is 18.9 Å². The van der Waals surface area contributed by atoms with Gasteiger partial charge in [-0.15, -0.1) is 0 Å². The fourth-order valence-corrected chi connectivity index (χ4v) is 2.67. The van der Waals surface area contributed by atoms with E-state index in [1.807, 2.05) is 19.1 Å². The number of hydrogen-bond acceptors (Lipinski definition) is 5. The average molecular weight is 340 g/mol. The summed E-state index contributed by atoms with van der Waals surface area (Å²) in [5.41, 5.74) is 1.44. The molecule has 5 heteroatoms. The minimum absolute atomic E-state index is 0.000105. The van der Waals surface area contributed by atoms with E-state index >= 15 is 0 Å². The molecule has 2 aromatic rings. The fourth-order valence-electron chi connectivity index (χ4n) is 2.67. The summed E-state index contributed by atoms with van der Waals surface area (Å²) in [6.45, 7) is 6.07. The Balaban J connectivity index is 1.83. The molecule has 0 aromatic heterocycles. The molecule has 130 valence electrons. The van der Waals surface area contributed by atoms with Gasteiger partial charge in [-0.25, -0.2) is 0 Å². The van der Waals surface area contributed by atoms with E-state index in [1.165, 1.54) is 0 Å². The quantitative estimate of drug-likeness (QED) is 0.564. The lowest BCUT2D eigenvalue weighted by Crippen LogP contribution is -2.10. The summed E-state index contributed by atoms with van der Waals surface area (Å²) >= 11 is 0. The number of carbonyl (C=O) groups is 1. The first kappa shape index (κ1) is 16.9. The van der Waals surface area contributed by atoms with Crippen LogP contribution in [0.5, 0.6) is 23.0 Å². The summed E-state index contributed by atoms with van der Waals surface area (Å²) in [5, 5.41) is 0. The Morgan fingerprint density at radius 1 is 1.20 bits per heavy atom. The van der Waals surface area contributed by atoms with Gasteiger partial charge in [0.05, 0.1) is 7.11 Å². The summed E-state index contributed by atoms with van der Waals surface area (Å²) in [4.78, 5) is 12.8. The van der Waals surface area contributed by atoms with Crippen molar-refractivity contribution in [1.82, 2.24) is 0 Å². The molecule has 5 nitrogen and oxygen atoms in total. The molecule has 0 N–H and O–H groups in total. The van der Waals surface area contributed by atoms with Gasteiger partial charge in [0.2, 0.25) is 6.79 Å². The van der Waals surface area contributed by atoms with Crippen LogP contribution >= 0.6 is 0 Å². The molecule has 0 radical (unpaired) electrons. The van der Waals surface area contributed by atoms with Crippen molar-refractivity contribution >= 4 is 5.78 Å². The highest BCUT2D eigenvalue weighted by Crippen LogP contribution is 2.35. The van der Waals surface area contributed by atoms with E-state index in [9.17, 15) is 4.79 Å². The minimum atomic E-state index is -0.331. The zero-order valence-corrected chi connectivity index (χ0v) is 14.3. The number of carbonyl (C=O) groups excluding carboxylic acids is 1. The lowest BCUT2D eigenvalue weighted by atomic mass is 9.92. The van der Waals surface area contributed by atoms with E-state index in [1.54, 1.807) is 37.5 Å². The zero-order chi connectivity index (χ0) is 17.8. The molecule has 3 rings (SSSR count). The Bertz CT molecular complexity index is 797. The van der Waals surface area contributed by atoms with E-state index in [0.717, 1.165) is 5.56 Å². The smallest absolute Gasteiger partial charge is 0.231 e. The van der Waals surface area contributed by atoms with E-state index in [2.05, 4.69) is 6.58 Å². The number of methoxy groups -OCH3 is 1. The van der Waals surface area contributed by atoms with Crippen LogP contribution in [0.25, 0.3) is 0 Å². The molecule has 1 heterocycles. The van der Waals surface area contributed by atoms with Crippen molar-refractivity contribution in [1.29, 1.82) is 0 Å². The highest BCUT2D eigenvalue weighted by atomic mass is 16.7. The van der Waals surface area contributed by atoms with Crippen LogP contribution in [0.1, 0.15) is 28.8 Å². The third-order valence-electron chi connectivity index (χ3n) is 4.09. The van der Waals surface area contributed by atoms with Gasteiger partial charge in [0, 0.05) is 11.5 Å². The van der Waals surface area contributed by atoms with Crippen molar-refractivity contribution in [3.63, 3.8) is 0 Å². The lowest BCUT2D eigenvalue weighted by Gasteiger charge is -2.15. The Morgan fingerprint density at radius 3 is 2.76 bits per heavy atom. The van der Waals surface area contributed by atoms with E-state index in [-0.39, 0.29) is 18.5 Å².